The normalized spacial score (nSPS) is 13.2. The number of nitro groups is 1. The summed E-state index contributed by atoms with van der Waals surface area (Å²) in [5, 5.41) is 19.4. The molecule has 1 aromatic rings. The predicted molar refractivity (Wildman–Crippen MR) is 61.9 cm³/mol. The van der Waals surface area contributed by atoms with Gasteiger partial charge in [0.05, 0.1) is 12.4 Å². The first-order valence-corrected chi connectivity index (χ1v) is 6.78. The smallest absolute Gasteiger partial charge is 0.251 e. The van der Waals surface area contributed by atoms with Crippen LogP contribution in [0.2, 0.25) is 0 Å². The van der Waals surface area contributed by atoms with E-state index in [1.54, 1.807) is 18.2 Å². The lowest BCUT2D eigenvalue weighted by Gasteiger charge is -2.09. The highest BCUT2D eigenvalue weighted by atomic mass is 32.2. The molecule has 0 aliphatic carbocycles. The molecular weight excluding hydrogens is 246 g/mol. The molecular formula is C10H13NO5S. The fourth-order valence-electron chi connectivity index (χ4n) is 1.42. The van der Waals surface area contributed by atoms with E-state index >= 15 is 0 Å². The first-order valence-electron chi connectivity index (χ1n) is 4.96. The monoisotopic (exact) mass is 259 g/mol. The van der Waals surface area contributed by atoms with Crippen molar-refractivity contribution in [3.05, 3.63) is 46.0 Å². The first-order chi connectivity index (χ1) is 7.96. The number of hydrogen-bond acceptors (Lipinski definition) is 5. The lowest BCUT2D eigenvalue weighted by molar-refractivity contribution is -0.523. The standard InChI is InChI=1S/C10H13NO5S/c12-6-7-17(15,16)8-10(11(13)14)9-4-2-1-3-5-9/h1-5,10,12H,6-8H2. The van der Waals surface area contributed by atoms with Gasteiger partial charge in [0.25, 0.3) is 6.04 Å². The Labute approximate surface area is 99.0 Å². The van der Waals surface area contributed by atoms with E-state index in [0.717, 1.165) is 0 Å². The minimum Gasteiger partial charge on any atom is -0.395 e. The molecule has 0 fully saturated rings. The zero-order chi connectivity index (χ0) is 12.9. The Bertz CT molecular complexity index is 471. The first kappa shape index (κ1) is 13.6. The van der Waals surface area contributed by atoms with Gasteiger partial charge in [0.1, 0.15) is 5.75 Å². The van der Waals surface area contributed by atoms with Crippen molar-refractivity contribution in [2.45, 2.75) is 6.04 Å². The Morgan fingerprint density at radius 3 is 2.35 bits per heavy atom. The van der Waals surface area contributed by atoms with Gasteiger partial charge in [-0.3, -0.25) is 10.1 Å². The fourth-order valence-corrected chi connectivity index (χ4v) is 2.66. The van der Waals surface area contributed by atoms with E-state index in [1.807, 2.05) is 0 Å². The van der Waals surface area contributed by atoms with Crippen LogP contribution in [-0.4, -0.2) is 36.6 Å². The largest absolute Gasteiger partial charge is 0.395 e. The third kappa shape index (κ3) is 4.12. The van der Waals surface area contributed by atoms with Crippen LogP contribution in [0.15, 0.2) is 30.3 Å². The van der Waals surface area contributed by atoms with E-state index in [0.29, 0.717) is 5.56 Å². The van der Waals surface area contributed by atoms with Crippen LogP contribution in [0.3, 0.4) is 0 Å². The van der Waals surface area contributed by atoms with Crippen LogP contribution in [0, 0.1) is 10.1 Å². The van der Waals surface area contributed by atoms with Crippen LogP contribution >= 0.6 is 0 Å². The summed E-state index contributed by atoms with van der Waals surface area (Å²) in [6, 6.07) is 6.68. The molecule has 1 rings (SSSR count). The Kier molecular flexibility index (Phi) is 4.59. The van der Waals surface area contributed by atoms with Crippen molar-refractivity contribution in [3.8, 4) is 0 Å². The average molecular weight is 259 g/mol. The zero-order valence-electron chi connectivity index (χ0n) is 9.02. The molecule has 1 aromatic carbocycles. The van der Waals surface area contributed by atoms with Crippen molar-refractivity contribution in [1.82, 2.24) is 0 Å². The quantitative estimate of drug-likeness (QED) is 0.589. The van der Waals surface area contributed by atoms with Gasteiger partial charge in [0, 0.05) is 10.5 Å². The van der Waals surface area contributed by atoms with Crippen LogP contribution in [-0.2, 0) is 9.84 Å². The molecule has 0 aromatic heterocycles. The summed E-state index contributed by atoms with van der Waals surface area (Å²) in [6.45, 7) is -0.526. The lowest BCUT2D eigenvalue weighted by atomic mass is 10.1. The van der Waals surface area contributed by atoms with Crippen molar-refractivity contribution in [3.63, 3.8) is 0 Å². The second-order valence-corrected chi connectivity index (χ2v) is 5.78. The van der Waals surface area contributed by atoms with Gasteiger partial charge in [-0.15, -0.1) is 0 Å². The van der Waals surface area contributed by atoms with Crippen LogP contribution in [0.1, 0.15) is 11.6 Å². The molecule has 6 nitrogen and oxygen atoms in total. The number of aliphatic hydroxyl groups is 1. The summed E-state index contributed by atoms with van der Waals surface area (Å²) in [5.74, 6) is -1.05. The Hall–Kier alpha value is -1.47. The molecule has 0 radical (unpaired) electrons. The second kappa shape index (κ2) is 5.74. The number of aliphatic hydroxyl groups excluding tert-OH is 1. The highest BCUT2D eigenvalue weighted by molar-refractivity contribution is 7.91. The molecule has 7 heteroatoms. The number of benzene rings is 1. The highest BCUT2D eigenvalue weighted by Gasteiger charge is 2.29. The number of rotatable bonds is 6. The molecule has 0 bridgehead atoms. The molecule has 17 heavy (non-hydrogen) atoms. The summed E-state index contributed by atoms with van der Waals surface area (Å²) < 4.78 is 22.9. The number of nitrogens with zero attached hydrogens (tertiary/aromatic N) is 1. The molecule has 0 aliphatic heterocycles. The van der Waals surface area contributed by atoms with Crippen LogP contribution < -0.4 is 0 Å². The van der Waals surface area contributed by atoms with Crippen LogP contribution in [0.4, 0.5) is 0 Å². The van der Waals surface area contributed by atoms with Crippen molar-refractivity contribution in [1.29, 1.82) is 0 Å². The maximum absolute atomic E-state index is 11.5. The minimum absolute atomic E-state index is 0.346. The lowest BCUT2D eigenvalue weighted by Crippen LogP contribution is -2.24. The molecule has 1 N–H and O–H groups in total. The third-order valence-corrected chi connectivity index (χ3v) is 3.88. The molecule has 0 spiro atoms. The molecule has 1 atom stereocenters. The molecule has 0 aliphatic rings. The minimum atomic E-state index is -3.62. The van der Waals surface area contributed by atoms with Gasteiger partial charge in [-0.1, -0.05) is 30.3 Å². The van der Waals surface area contributed by atoms with Crippen molar-refractivity contribution in [2.24, 2.45) is 0 Å². The Morgan fingerprint density at radius 2 is 1.88 bits per heavy atom. The SMILES string of the molecule is O=[N+]([O-])C(CS(=O)(=O)CCO)c1ccccc1. The molecule has 0 saturated carbocycles. The van der Waals surface area contributed by atoms with E-state index < -0.39 is 38.9 Å². The van der Waals surface area contributed by atoms with Crippen molar-refractivity contribution < 1.29 is 18.4 Å². The zero-order valence-corrected chi connectivity index (χ0v) is 9.84. The van der Waals surface area contributed by atoms with Crippen molar-refractivity contribution in [2.75, 3.05) is 18.1 Å². The summed E-state index contributed by atoms with van der Waals surface area (Å²) in [5.41, 5.74) is 0.346. The van der Waals surface area contributed by atoms with Crippen LogP contribution in [0.5, 0.6) is 0 Å². The van der Waals surface area contributed by atoms with E-state index in [1.165, 1.54) is 12.1 Å². The molecule has 94 valence electrons. The van der Waals surface area contributed by atoms with Crippen LogP contribution in [0.25, 0.3) is 0 Å². The summed E-state index contributed by atoms with van der Waals surface area (Å²) >= 11 is 0. The molecule has 0 saturated heterocycles. The third-order valence-electron chi connectivity index (χ3n) is 2.25. The Morgan fingerprint density at radius 1 is 1.29 bits per heavy atom. The topological polar surface area (TPSA) is 97.5 Å². The van der Waals surface area contributed by atoms with Gasteiger partial charge in [0.15, 0.2) is 9.84 Å². The van der Waals surface area contributed by atoms with Gasteiger partial charge in [-0.05, 0) is 0 Å². The number of sulfone groups is 1. The van der Waals surface area contributed by atoms with Gasteiger partial charge in [0.2, 0.25) is 0 Å². The number of hydrogen-bond donors (Lipinski definition) is 1. The molecule has 0 heterocycles. The average Bonchev–Trinajstić information content (AvgIpc) is 2.27. The maximum atomic E-state index is 11.5. The highest BCUT2D eigenvalue weighted by Crippen LogP contribution is 2.18. The predicted octanol–water partition coefficient (Wildman–Crippen LogP) is 0.411. The van der Waals surface area contributed by atoms with Gasteiger partial charge < -0.3 is 5.11 Å². The van der Waals surface area contributed by atoms with Gasteiger partial charge in [-0.25, -0.2) is 8.42 Å². The second-order valence-electron chi connectivity index (χ2n) is 3.55. The molecule has 1 unspecified atom stereocenters. The summed E-state index contributed by atoms with van der Waals surface area (Å²) in [6.07, 6.45) is 0. The van der Waals surface area contributed by atoms with E-state index in [2.05, 4.69) is 0 Å². The fraction of sp³-hybridized carbons (Fsp3) is 0.400. The van der Waals surface area contributed by atoms with Crippen molar-refractivity contribution >= 4 is 9.84 Å². The van der Waals surface area contributed by atoms with Gasteiger partial charge in [-0.2, -0.15) is 0 Å². The van der Waals surface area contributed by atoms with E-state index in [9.17, 15) is 18.5 Å². The van der Waals surface area contributed by atoms with E-state index in [4.69, 9.17) is 5.11 Å². The van der Waals surface area contributed by atoms with E-state index in [-0.39, 0.29) is 0 Å². The Balaban J connectivity index is 2.93. The van der Waals surface area contributed by atoms with Gasteiger partial charge >= 0.3 is 0 Å². The maximum Gasteiger partial charge on any atom is 0.251 e. The summed E-state index contributed by atoms with van der Waals surface area (Å²) in [4.78, 5) is 10.2. The summed E-state index contributed by atoms with van der Waals surface area (Å²) in [7, 11) is -3.62. The molecule has 0 amide bonds.